The van der Waals surface area contributed by atoms with Gasteiger partial charge in [0.1, 0.15) is 12.7 Å². The van der Waals surface area contributed by atoms with E-state index in [1.54, 1.807) is 41.6 Å². The molecule has 1 saturated heterocycles. The maximum absolute atomic E-state index is 12.5. The van der Waals surface area contributed by atoms with Crippen molar-refractivity contribution < 1.29 is 19.4 Å². The number of benzene rings is 1. The second-order valence-corrected chi connectivity index (χ2v) is 8.35. The van der Waals surface area contributed by atoms with Gasteiger partial charge in [0.2, 0.25) is 11.8 Å². The number of aromatic nitrogens is 1. The SMILES string of the molecule is O=C(Nc1ccc([C@@H](O)[C@H]2COCC(=O)N2Cc2ccncc2)cc1)C1CCCCC1. The summed E-state index contributed by atoms with van der Waals surface area (Å²) in [7, 11) is 0. The molecule has 0 bridgehead atoms. The van der Waals surface area contributed by atoms with Crippen LogP contribution in [0.4, 0.5) is 5.69 Å². The largest absolute Gasteiger partial charge is 0.386 e. The molecule has 1 aromatic carbocycles. The molecule has 2 amide bonds. The fourth-order valence-corrected chi connectivity index (χ4v) is 4.37. The summed E-state index contributed by atoms with van der Waals surface area (Å²) < 4.78 is 5.43. The Labute approximate surface area is 182 Å². The maximum Gasteiger partial charge on any atom is 0.249 e. The van der Waals surface area contributed by atoms with Crippen LogP contribution in [0.5, 0.6) is 0 Å². The summed E-state index contributed by atoms with van der Waals surface area (Å²) in [6.07, 6.45) is 7.81. The zero-order chi connectivity index (χ0) is 21.6. The van der Waals surface area contributed by atoms with Crippen LogP contribution in [0, 0.1) is 5.92 Å². The number of aliphatic hydroxyl groups is 1. The van der Waals surface area contributed by atoms with Crippen LogP contribution in [0.25, 0.3) is 0 Å². The predicted molar refractivity (Wildman–Crippen MR) is 116 cm³/mol. The number of nitrogens with one attached hydrogen (secondary N) is 1. The van der Waals surface area contributed by atoms with Crippen LogP contribution in [-0.2, 0) is 20.9 Å². The summed E-state index contributed by atoms with van der Waals surface area (Å²) in [6, 6.07) is 10.4. The van der Waals surface area contributed by atoms with Gasteiger partial charge in [-0.25, -0.2) is 0 Å². The summed E-state index contributed by atoms with van der Waals surface area (Å²) in [6.45, 7) is 0.667. The molecule has 4 rings (SSSR count). The monoisotopic (exact) mass is 423 g/mol. The fourth-order valence-electron chi connectivity index (χ4n) is 4.37. The van der Waals surface area contributed by atoms with E-state index in [-0.39, 0.29) is 30.9 Å². The first kappa shape index (κ1) is 21.5. The molecule has 7 nitrogen and oxygen atoms in total. The Morgan fingerprint density at radius 2 is 1.84 bits per heavy atom. The van der Waals surface area contributed by atoms with Crippen LogP contribution in [0.15, 0.2) is 48.8 Å². The first-order valence-electron chi connectivity index (χ1n) is 11.0. The highest BCUT2D eigenvalue weighted by molar-refractivity contribution is 5.92. The minimum absolute atomic E-state index is 0.0143. The lowest BCUT2D eigenvalue weighted by molar-refractivity contribution is -0.155. The first-order chi connectivity index (χ1) is 15.1. The number of carbonyl (C=O) groups is 2. The van der Waals surface area contributed by atoms with Gasteiger partial charge in [-0.3, -0.25) is 14.6 Å². The summed E-state index contributed by atoms with van der Waals surface area (Å²) >= 11 is 0. The van der Waals surface area contributed by atoms with Crippen LogP contribution in [-0.4, -0.2) is 46.1 Å². The number of anilines is 1. The highest BCUT2D eigenvalue weighted by Gasteiger charge is 2.34. The van der Waals surface area contributed by atoms with Crippen molar-refractivity contribution in [1.82, 2.24) is 9.88 Å². The number of nitrogens with zero attached hydrogens (tertiary/aromatic N) is 2. The number of hydrogen-bond acceptors (Lipinski definition) is 5. The van der Waals surface area contributed by atoms with Gasteiger partial charge in [0, 0.05) is 30.5 Å². The van der Waals surface area contributed by atoms with E-state index in [2.05, 4.69) is 10.3 Å². The standard InChI is InChI=1S/C24H29N3O4/c28-22-16-31-15-21(27(22)14-17-10-12-25-13-11-17)23(29)18-6-8-20(9-7-18)26-24(30)19-4-2-1-3-5-19/h6-13,19,21,23,29H,1-5,14-16H2,(H,26,30)/t21-,23-/m1/s1. The third kappa shape index (κ3) is 5.29. The average Bonchev–Trinajstić information content (AvgIpc) is 2.82. The van der Waals surface area contributed by atoms with Crippen molar-refractivity contribution in [3.8, 4) is 0 Å². The van der Waals surface area contributed by atoms with E-state index in [4.69, 9.17) is 4.74 Å². The Hall–Kier alpha value is -2.77. The number of pyridine rings is 1. The summed E-state index contributed by atoms with van der Waals surface area (Å²) in [5.74, 6) is 0.0115. The second-order valence-electron chi connectivity index (χ2n) is 8.35. The van der Waals surface area contributed by atoms with Gasteiger partial charge < -0.3 is 20.1 Å². The Morgan fingerprint density at radius 3 is 2.55 bits per heavy atom. The van der Waals surface area contributed by atoms with E-state index in [0.29, 0.717) is 12.1 Å². The van der Waals surface area contributed by atoms with Crippen LogP contribution in [0.1, 0.15) is 49.3 Å². The van der Waals surface area contributed by atoms with Crippen molar-refractivity contribution in [3.05, 3.63) is 59.9 Å². The molecular formula is C24H29N3O4. The molecule has 7 heteroatoms. The van der Waals surface area contributed by atoms with Crippen LogP contribution < -0.4 is 5.32 Å². The molecule has 0 unspecified atom stereocenters. The highest BCUT2D eigenvalue weighted by Crippen LogP contribution is 2.28. The number of aliphatic hydroxyl groups excluding tert-OH is 1. The molecule has 1 aromatic heterocycles. The molecule has 2 fully saturated rings. The lowest BCUT2D eigenvalue weighted by Gasteiger charge is -2.38. The van der Waals surface area contributed by atoms with Crippen LogP contribution >= 0.6 is 0 Å². The van der Waals surface area contributed by atoms with Crippen LogP contribution in [0.3, 0.4) is 0 Å². The number of amides is 2. The van der Waals surface area contributed by atoms with Gasteiger partial charge in [0.15, 0.2) is 0 Å². The van der Waals surface area contributed by atoms with E-state index >= 15 is 0 Å². The van der Waals surface area contributed by atoms with Crippen molar-refractivity contribution in [2.45, 2.75) is 50.8 Å². The second kappa shape index (κ2) is 10.0. The summed E-state index contributed by atoms with van der Waals surface area (Å²) in [4.78, 5) is 30.6. The fraction of sp³-hybridized carbons (Fsp3) is 0.458. The zero-order valence-electron chi connectivity index (χ0n) is 17.6. The summed E-state index contributed by atoms with van der Waals surface area (Å²) in [5.41, 5.74) is 2.35. The quantitative estimate of drug-likeness (QED) is 0.745. The molecule has 2 atom stereocenters. The van der Waals surface area contributed by atoms with Crippen molar-refractivity contribution in [2.24, 2.45) is 5.92 Å². The smallest absolute Gasteiger partial charge is 0.249 e. The molecule has 2 N–H and O–H groups in total. The van der Waals surface area contributed by atoms with Gasteiger partial charge in [0.25, 0.3) is 0 Å². The Kier molecular flexibility index (Phi) is 6.94. The predicted octanol–water partition coefficient (Wildman–Crippen LogP) is 3.06. The molecule has 2 aromatic rings. The summed E-state index contributed by atoms with van der Waals surface area (Å²) in [5, 5.41) is 14.0. The van der Waals surface area contributed by atoms with Crippen molar-refractivity contribution in [2.75, 3.05) is 18.5 Å². The lowest BCUT2D eigenvalue weighted by atomic mass is 9.88. The van der Waals surface area contributed by atoms with Crippen molar-refractivity contribution in [1.29, 1.82) is 0 Å². The first-order valence-corrected chi connectivity index (χ1v) is 11.0. The minimum atomic E-state index is -0.894. The minimum Gasteiger partial charge on any atom is -0.386 e. The van der Waals surface area contributed by atoms with Gasteiger partial charge in [-0.05, 0) is 48.2 Å². The van der Waals surface area contributed by atoms with E-state index in [1.165, 1.54) is 6.42 Å². The Balaban J connectivity index is 1.42. The number of carbonyl (C=O) groups excluding carboxylic acids is 2. The van der Waals surface area contributed by atoms with Gasteiger partial charge in [-0.1, -0.05) is 31.4 Å². The molecule has 0 radical (unpaired) electrons. The highest BCUT2D eigenvalue weighted by atomic mass is 16.5. The van der Waals surface area contributed by atoms with E-state index < -0.39 is 12.1 Å². The molecule has 164 valence electrons. The number of morpholine rings is 1. The molecular weight excluding hydrogens is 394 g/mol. The number of rotatable bonds is 6. The Bertz CT molecular complexity index is 881. The molecule has 0 spiro atoms. The van der Waals surface area contributed by atoms with Gasteiger partial charge in [-0.15, -0.1) is 0 Å². The van der Waals surface area contributed by atoms with E-state index in [1.807, 2.05) is 12.1 Å². The van der Waals surface area contributed by atoms with E-state index in [0.717, 1.165) is 36.9 Å². The molecule has 2 heterocycles. The molecule has 31 heavy (non-hydrogen) atoms. The molecule has 1 aliphatic heterocycles. The molecule has 1 saturated carbocycles. The maximum atomic E-state index is 12.5. The number of ether oxygens (including phenoxy) is 1. The van der Waals surface area contributed by atoms with Gasteiger partial charge in [0.05, 0.1) is 12.6 Å². The Morgan fingerprint density at radius 1 is 1.13 bits per heavy atom. The molecule has 2 aliphatic rings. The van der Waals surface area contributed by atoms with Crippen molar-refractivity contribution in [3.63, 3.8) is 0 Å². The third-order valence-corrected chi connectivity index (χ3v) is 6.20. The normalized spacial score (nSPS) is 21.0. The van der Waals surface area contributed by atoms with Gasteiger partial charge >= 0.3 is 0 Å². The third-order valence-electron chi connectivity index (χ3n) is 6.20. The average molecular weight is 424 g/mol. The van der Waals surface area contributed by atoms with E-state index in [9.17, 15) is 14.7 Å². The number of hydrogen-bond donors (Lipinski definition) is 2. The van der Waals surface area contributed by atoms with Crippen molar-refractivity contribution >= 4 is 17.5 Å². The van der Waals surface area contributed by atoms with Crippen LogP contribution in [0.2, 0.25) is 0 Å². The zero-order valence-corrected chi connectivity index (χ0v) is 17.6. The van der Waals surface area contributed by atoms with Gasteiger partial charge in [-0.2, -0.15) is 0 Å². The lowest BCUT2D eigenvalue weighted by Crippen LogP contribution is -2.51. The molecule has 1 aliphatic carbocycles. The topological polar surface area (TPSA) is 91.8 Å².